The number of anilines is 1. The summed E-state index contributed by atoms with van der Waals surface area (Å²) < 4.78 is 7.27. The van der Waals surface area contributed by atoms with Gasteiger partial charge in [-0.1, -0.05) is 47.3 Å². The van der Waals surface area contributed by atoms with Crippen molar-refractivity contribution in [3.8, 4) is 5.75 Å². The van der Waals surface area contributed by atoms with Crippen LogP contribution in [0, 0.1) is 6.92 Å². The molecule has 1 saturated heterocycles. The monoisotopic (exact) mass is 536 g/mol. The average molecular weight is 538 g/mol. The number of hydrogen-bond acceptors (Lipinski definition) is 5. The van der Waals surface area contributed by atoms with Crippen LogP contribution in [0.2, 0.25) is 0 Å². The third kappa shape index (κ3) is 5.82. The summed E-state index contributed by atoms with van der Waals surface area (Å²) in [5.74, 6) is 1.00. The molecule has 3 heterocycles. The van der Waals surface area contributed by atoms with Gasteiger partial charge in [-0.2, -0.15) is 0 Å². The summed E-state index contributed by atoms with van der Waals surface area (Å²) >= 11 is 3.45. The molecule has 6 rings (SSSR count). The van der Waals surface area contributed by atoms with Crippen LogP contribution < -0.4 is 9.64 Å². The van der Waals surface area contributed by atoms with Gasteiger partial charge in [0.15, 0.2) is 5.75 Å². The van der Waals surface area contributed by atoms with Crippen molar-refractivity contribution in [3.05, 3.63) is 64.3 Å². The number of pyridine rings is 1. The summed E-state index contributed by atoms with van der Waals surface area (Å²) in [5.41, 5.74) is 4.96. The zero-order valence-corrected chi connectivity index (χ0v) is 22.6. The number of aromatic nitrogens is 1. The molecule has 1 aromatic heterocycles. The number of ether oxygens (including phenoxy) is 1. The van der Waals surface area contributed by atoms with Crippen molar-refractivity contribution >= 4 is 32.5 Å². The lowest BCUT2D eigenvalue weighted by Crippen LogP contribution is -2.44. The Hall–Kier alpha value is -2.15. The number of hydrogen-bond donors (Lipinski definition) is 0. The normalized spacial score (nSPS) is 19.6. The van der Waals surface area contributed by atoms with Crippen molar-refractivity contribution in [2.24, 2.45) is 0 Å². The van der Waals surface area contributed by atoms with E-state index in [1.54, 1.807) is 0 Å². The highest BCUT2D eigenvalue weighted by atomic mass is 79.9. The number of aryl methyl sites for hydroxylation is 1. The Morgan fingerprint density at radius 2 is 1.71 bits per heavy atom. The second-order valence-electron chi connectivity index (χ2n) is 10.2. The average Bonchev–Trinajstić information content (AvgIpc) is 2.90. The number of fused-ring (bicyclic) bond motifs is 3. The van der Waals surface area contributed by atoms with Crippen molar-refractivity contribution in [1.82, 2.24) is 14.8 Å². The van der Waals surface area contributed by atoms with E-state index < -0.39 is 0 Å². The molecule has 6 heteroatoms. The lowest BCUT2D eigenvalue weighted by atomic mass is 9.93. The second kappa shape index (κ2) is 11.3. The standard InChI is InChI=1S/C18H22N2O.C11H15BrN2/c1-13-10-14-11-20(15-6-3-2-4-7-15)12-21-18(14)17-16(13)8-5-9-19-17;1-13-6-8-14(9-7-13)11-4-2-10(12)3-5-11/h5,8-10,15H,2-4,6-7,11-12H2,1H3;2-5H,6-9H2,1H3. The minimum atomic E-state index is 0.701. The van der Waals surface area contributed by atoms with Crippen LogP contribution >= 0.6 is 15.9 Å². The first-order valence-electron chi connectivity index (χ1n) is 13.0. The Bertz CT molecular complexity index is 1120. The molecule has 0 amide bonds. The van der Waals surface area contributed by atoms with E-state index in [-0.39, 0.29) is 0 Å². The van der Waals surface area contributed by atoms with E-state index in [1.165, 1.54) is 54.3 Å². The summed E-state index contributed by atoms with van der Waals surface area (Å²) in [6.07, 6.45) is 8.64. The Morgan fingerprint density at radius 1 is 0.971 bits per heavy atom. The van der Waals surface area contributed by atoms with Crippen LogP contribution in [0.4, 0.5) is 5.69 Å². The van der Waals surface area contributed by atoms with E-state index in [0.29, 0.717) is 12.8 Å². The molecule has 3 aliphatic rings. The quantitative estimate of drug-likeness (QED) is 0.387. The summed E-state index contributed by atoms with van der Waals surface area (Å²) in [5, 5.41) is 1.21. The van der Waals surface area contributed by atoms with E-state index in [4.69, 9.17) is 4.74 Å². The van der Waals surface area contributed by atoms with Gasteiger partial charge in [-0.25, -0.2) is 0 Å². The minimum Gasteiger partial charge on any atom is -0.475 e. The van der Waals surface area contributed by atoms with Gasteiger partial charge >= 0.3 is 0 Å². The van der Waals surface area contributed by atoms with Crippen molar-refractivity contribution in [1.29, 1.82) is 0 Å². The molecule has 5 nitrogen and oxygen atoms in total. The van der Waals surface area contributed by atoms with Crippen LogP contribution in [0.15, 0.2) is 53.1 Å². The third-order valence-corrected chi connectivity index (χ3v) is 8.19. The van der Waals surface area contributed by atoms with Crippen LogP contribution in [0.1, 0.15) is 43.2 Å². The van der Waals surface area contributed by atoms with Gasteiger partial charge in [0, 0.05) is 66.1 Å². The maximum Gasteiger partial charge on any atom is 0.152 e. The van der Waals surface area contributed by atoms with Gasteiger partial charge in [0.25, 0.3) is 0 Å². The van der Waals surface area contributed by atoms with Crippen molar-refractivity contribution in [2.45, 2.75) is 51.6 Å². The smallest absolute Gasteiger partial charge is 0.152 e. The molecule has 0 N–H and O–H groups in total. The first kappa shape index (κ1) is 24.5. The SMILES string of the molecule is CN1CCN(c2ccc(Br)cc2)CC1.Cc1cc2c(c3ncccc13)OCN(C1CCCCC1)C2. The predicted molar refractivity (Wildman–Crippen MR) is 148 cm³/mol. The molecule has 186 valence electrons. The molecule has 1 aliphatic carbocycles. The van der Waals surface area contributed by atoms with E-state index in [9.17, 15) is 0 Å². The first-order valence-corrected chi connectivity index (χ1v) is 13.8. The van der Waals surface area contributed by atoms with Crippen LogP contribution in [-0.4, -0.2) is 60.8 Å². The number of rotatable bonds is 2. The fourth-order valence-electron chi connectivity index (χ4n) is 5.55. The molecule has 2 aromatic carbocycles. The van der Waals surface area contributed by atoms with Crippen LogP contribution in [-0.2, 0) is 6.54 Å². The van der Waals surface area contributed by atoms with Gasteiger partial charge in [-0.05, 0) is 62.7 Å². The largest absolute Gasteiger partial charge is 0.475 e. The fraction of sp³-hybridized carbons (Fsp3) is 0.483. The van der Waals surface area contributed by atoms with Crippen molar-refractivity contribution in [2.75, 3.05) is 44.9 Å². The van der Waals surface area contributed by atoms with Crippen molar-refractivity contribution in [3.63, 3.8) is 0 Å². The Morgan fingerprint density at radius 3 is 2.46 bits per heavy atom. The summed E-state index contributed by atoms with van der Waals surface area (Å²) in [6, 6.07) is 15.7. The van der Waals surface area contributed by atoms with Gasteiger partial charge in [0.2, 0.25) is 0 Å². The Kier molecular flexibility index (Phi) is 7.91. The minimum absolute atomic E-state index is 0.701. The second-order valence-corrected chi connectivity index (χ2v) is 11.1. The van der Waals surface area contributed by atoms with Crippen LogP contribution in [0.25, 0.3) is 10.9 Å². The highest BCUT2D eigenvalue weighted by Crippen LogP contribution is 2.36. The highest BCUT2D eigenvalue weighted by Gasteiger charge is 2.27. The Balaban J connectivity index is 0.000000158. The number of nitrogens with zero attached hydrogens (tertiary/aromatic N) is 4. The molecule has 0 unspecified atom stereocenters. The molecule has 0 atom stereocenters. The molecular weight excluding hydrogens is 500 g/mol. The molecule has 35 heavy (non-hydrogen) atoms. The van der Waals surface area contributed by atoms with Gasteiger partial charge in [0.05, 0.1) is 0 Å². The Labute approximate surface area is 218 Å². The van der Waals surface area contributed by atoms with E-state index in [2.05, 4.69) is 86.0 Å². The lowest BCUT2D eigenvalue weighted by molar-refractivity contribution is 0.0413. The maximum absolute atomic E-state index is 6.12. The molecule has 2 aliphatic heterocycles. The molecule has 3 aromatic rings. The molecule has 0 spiro atoms. The van der Waals surface area contributed by atoms with Gasteiger partial charge in [-0.15, -0.1) is 0 Å². The zero-order valence-electron chi connectivity index (χ0n) is 21.0. The van der Waals surface area contributed by atoms with Crippen LogP contribution in [0.3, 0.4) is 0 Å². The van der Waals surface area contributed by atoms with Crippen LogP contribution in [0.5, 0.6) is 5.75 Å². The van der Waals surface area contributed by atoms with Gasteiger partial charge in [-0.3, -0.25) is 9.88 Å². The van der Waals surface area contributed by atoms with E-state index in [0.717, 1.165) is 48.5 Å². The molecule has 1 saturated carbocycles. The predicted octanol–water partition coefficient (Wildman–Crippen LogP) is 6.23. The maximum atomic E-state index is 6.12. The zero-order chi connectivity index (χ0) is 24.2. The van der Waals surface area contributed by atoms with Crippen molar-refractivity contribution < 1.29 is 4.74 Å². The summed E-state index contributed by atoms with van der Waals surface area (Å²) in [6.45, 7) is 8.49. The molecular formula is C29H37BrN4O. The van der Waals surface area contributed by atoms with E-state index in [1.807, 2.05) is 12.3 Å². The highest BCUT2D eigenvalue weighted by molar-refractivity contribution is 9.10. The third-order valence-electron chi connectivity index (χ3n) is 7.66. The number of piperazine rings is 1. The number of benzene rings is 2. The first-order chi connectivity index (χ1) is 17.1. The topological polar surface area (TPSA) is 31.8 Å². The number of likely N-dealkylation sites (N-methyl/N-ethyl adjacent to an activating group) is 1. The fourth-order valence-corrected chi connectivity index (χ4v) is 5.81. The summed E-state index contributed by atoms with van der Waals surface area (Å²) in [7, 11) is 2.18. The van der Waals surface area contributed by atoms with Gasteiger partial charge < -0.3 is 14.5 Å². The lowest BCUT2D eigenvalue weighted by Gasteiger charge is -2.37. The molecule has 0 bridgehead atoms. The number of halogens is 1. The molecule has 2 fully saturated rings. The van der Waals surface area contributed by atoms with Gasteiger partial charge in [0.1, 0.15) is 12.2 Å². The summed E-state index contributed by atoms with van der Waals surface area (Å²) in [4.78, 5) is 11.9. The van der Waals surface area contributed by atoms with E-state index >= 15 is 0 Å². The molecule has 0 radical (unpaired) electrons.